The van der Waals surface area contributed by atoms with E-state index in [4.69, 9.17) is 4.74 Å². The molecule has 0 radical (unpaired) electrons. The number of imidazole rings is 1. The predicted molar refractivity (Wildman–Crippen MR) is 78.0 cm³/mol. The topological polar surface area (TPSA) is 56.4 Å². The van der Waals surface area contributed by atoms with Crippen LogP contribution in [0.3, 0.4) is 0 Å². The summed E-state index contributed by atoms with van der Waals surface area (Å²) in [5.74, 6) is 0. The van der Waals surface area contributed by atoms with Crippen molar-refractivity contribution in [2.45, 2.75) is 13.1 Å². The Morgan fingerprint density at radius 1 is 1.40 bits per heavy atom. The summed E-state index contributed by atoms with van der Waals surface area (Å²) in [6, 6.07) is 0. The maximum absolute atomic E-state index is 4.99. The van der Waals surface area contributed by atoms with Crippen LogP contribution >= 0.6 is 11.3 Å². The number of thiazole rings is 1. The summed E-state index contributed by atoms with van der Waals surface area (Å²) < 4.78 is 8.95. The predicted octanol–water partition coefficient (Wildman–Crippen LogP) is 1.38. The number of nitrogens with zero attached hydrogens (tertiary/aromatic N) is 4. The molecule has 3 aromatic rings. The molecule has 0 bridgehead atoms. The number of aromatic nitrogens is 4. The van der Waals surface area contributed by atoms with Gasteiger partial charge in [-0.05, 0) is 0 Å². The fraction of sp³-hybridized carbons (Fsp3) is 0.385. The third kappa shape index (κ3) is 3.06. The highest BCUT2D eigenvalue weighted by Crippen LogP contribution is 2.12. The van der Waals surface area contributed by atoms with Crippen LogP contribution in [0.5, 0.6) is 0 Å². The Balaban J connectivity index is 1.57. The fourth-order valence-electron chi connectivity index (χ4n) is 2.01. The van der Waals surface area contributed by atoms with Crippen molar-refractivity contribution in [3.63, 3.8) is 0 Å². The second-order valence-electron chi connectivity index (χ2n) is 4.54. The Labute approximate surface area is 121 Å². The van der Waals surface area contributed by atoms with Crippen molar-refractivity contribution in [3.05, 3.63) is 41.4 Å². The Morgan fingerprint density at radius 3 is 3.20 bits per heavy atom. The molecule has 0 fully saturated rings. The molecule has 7 heteroatoms. The molecule has 0 aliphatic carbocycles. The van der Waals surface area contributed by atoms with E-state index in [1.165, 1.54) is 5.56 Å². The highest BCUT2D eigenvalue weighted by atomic mass is 32.1. The van der Waals surface area contributed by atoms with Gasteiger partial charge in [-0.15, -0.1) is 11.3 Å². The first-order chi connectivity index (χ1) is 9.85. The zero-order chi connectivity index (χ0) is 13.8. The van der Waals surface area contributed by atoms with Crippen molar-refractivity contribution in [1.82, 2.24) is 24.5 Å². The third-order valence-corrected chi connectivity index (χ3v) is 3.74. The summed E-state index contributed by atoms with van der Waals surface area (Å²) in [5.41, 5.74) is 2.20. The number of rotatable bonds is 7. The van der Waals surface area contributed by atoms with Gasteiger partial charge in [0.15, 0.2) is 4.96 Å². The van der Waals surface area contributed by atoms with Gasteiger partial charge in [0.2, 0.25) is 0 Å². The molecule has 0 atom stereocenters. The van der Waals surface area contributed by atoms with Gasteiger partial charge in [0.1, 0.15) is 0 Å². The van der Waals surface area contributed by atoms with Gasteiger partial charge in [-0.2, -0.15) is 5.10 Å². The van der Waals surface area contributed by atoms with Gasteiger partial charge in [0.25, 0.3) is 0 Å². The minimum Gasteiger partial charge on any atom is -0.383 e. The zero-order valence-corrected chi connectivity index (χ0v) is 12.1. The van der Waals surface area contributed by atoms with Crippen LogP contribution < -0.4 is 5.32 Å². The normalized spacial score (nSPS) is 11.4. The van der Waals surface area contributed by atoms with Gasteiger partial charge in [0.05, 0.1) is 25.0 Å². The largest absolute Gasteiger partial charge is 0.383 e. The Hall–Kier alpha value is -1.70. The summed E-state index contributed by atoms with van der Waals surface area (Å²) in [7, 11) is 1.70. The molecule has 6 nitrogen and oxygen atoms in total. The minimum atomic E-state index is 0.701. The standard InChI is InChI=1S/C13H17N5OS/c1-19-4-2-14-6-11-7-15-18(8-11)10-12-9-17-3-5-20-13(17)16-12/h3,5,7-9,14H,2,4,6,10H2,1H3. The molecule has 0 saturated heterocycles. The minimum absolute atomic E-state index is 0.701. The summed E-state index contributed by atoms with van der Waals surface area (Å²) in [4.78, 5) is 5.57. The number of methoxy groups -OCH3 is 1. The zero-order valence-electron chi connectivity index (χ0n) is 11.3. The molecule has 1 N–H and O–H groups in total. The Morgan fingerprint density at radius 2 is 2.35 bits per heavy atom. The number of fused-ring (bicyclic) bond motifs is 1. The SMILES string of the molecule is COCCNCc1cnn(Cc2cn3ccsc3n2)c1. The maximum atomic E-state index is 4.99. The summed E-state index contributed by atoms with van der Waals surface area (Å²) >= 11 is 1.64. The van der Waals surface area contributed by atoms with Crippen LogP contribution in [0.4, 0.5) is 0 Å². The van der Waals surface area contributed by atoms with Crippen molar-refractivity contribution < 1.29 is 4.74 Å². The molecular weight excluding hydrogens is 274 g/mol. The number of hydrogen-bond donors (Lipinski definition) is 1. The summed E-state index contributed by atoms with van der Waals surface area (Å²) in [6.07, 6.45) is 8.00. The van der Waals surface area contributed by atoms with E-state index in [0.29, 0.717) is 6.54 Å². The van der Waals surface area contributed by atoms with Crippen LogP contribution in [0.15, 0.2) is 30.2 Å². The second-order valence-corrected chi connectivity index (χ2v) is 5.41. The summed E-state index contributed by atoms with van der Waals surface area (Å²) in [5, 5.41) is 9.70. The lowest BCUT2D eigenvalue weighted by atomic mass is 10.3. The molecule has 0 unspecified atom stereocenters. The molecule has 0 aliphatic rings. The van der Waals surface area contributed by atoms with Crippen LogP contribution in [0.1, 0.15) is 11.3 Å². The van der Waals surface area contributed by atoms with E-state index in [1.807, 2.05) is 39.2 Å². The van der Waals surface area contributed by atoms with E-state index in [9.17, 15) is 0 Å². The Kier molecular flexibility index (Phi) is 4.10. The molecule has 0 amide bonds. The van der Waals surface area contributed by atoms with Crippen LogP contribution in [-0.4, -0.2) is 39.4 Å². The van der Waals surface area contributed by atoms with E-state index in [1.54, 1.807) is 18.4 Å². The van der Waals surface area contributed by atoms with Gasteiger partial charge in [-0.25, -0.2) is 4.98 Å². The smallest absolute Gasteiger partial charge is 0.193 e. The average Bonchev–Trinajstić information content (AvgIpc) is 3.11. The molecule has 106 valence electrons. The van der Waals surface area contributed by atoms with Gasteiger partial charge in [0, 0.05) is 49.7 Å². The van der Waals surface area contributed by atoms with Crippen molar-refractivity contribution in [2.75, 3.05) is 20.3 Å². The van der Waals surface area contributed by atoms with E-state index < -0.39 is 0 Å². The first kappa shape index (κ1) is 13.3. The lowest BCUT2D eigenvalue weighted by molar-refractivity contribution is 0.199. The molecule has 3 aromatic heterocycles. The maximum Gasteiger partial charge on any atom is 0.193 e. The molecule has 3 rings (SSSR count). The van der Waals surface area contributed by atoms with Gasteiger partial charge in [-0.3, -0.25) is 9.08 Å². The third-order valence-electron chi connectivity index (χ3n) is 2.97. The highest BCUT2D eigenvalue weighted by molar-refractivity contribution is 7.15. The van der Waals surface area contributed by atoms with Crippen LogP contribution in [-0.2, 0) is 17.8 Å². The molecule has 20 heavy (non-hydrogen) atoms. The van der Waals surface area contributed by atoms with Crippen molar-refractivity contribution in [2.24, 2.45) is 0 Å². The molecule has 0 spiro atoms. The number of ether oxygens (including phenoxy) is 1. The van der Waals surface area contributed by atoms with Crippen LogP contribution in [0.2, 0.25) is 0 Å². The summed E-state index contributed by atoms with van der Waals surface area (Å²) in [6.45, 7) is 3.08. The first-order valence-corrected chi connectivity index (χ1v) is 7.35. The van der Waals surface area contributed by atoms with Gasteiger partial charge in [-0.1, -0.05) is 0 Å². The molecule has 3 heterocycles. The molecular formula is C13H17N5OS. The van der Waals surface area contributed by atoms with E-state index in [0.717, 1.165) is 30.4 Å². The van der Waals surface area contributed by atoms with Crippen molar-refractivity contribution in [1.29, 1.82) is 0 Å². The monoisotopic (exact) mass is 291 g/mol. The van der Waals surface area contributed by atoms with Crippen LogP contribution in [0.25, 0.3) is 4.96 Å². The molecule has 0 saturated carbocycles. The lowest BCUT2D eigenvalue weighted by Crippen LogP contribution is -2.18. The average molecular weight is 291 g/mol. The van der Waals surface area contributed by atoms with Gasteiger partial charge >= 0.3 is 0 Å². The highest BCUT2D eigenvalue weighted by Gasteiger charge is 2.04. The van der Waals surface area contributed by atoms with Crippen molar-refractivity contribution >= 4 is 16.3 Å². The van der Waals surface area contributed by atoms with Crippen molar-refractivity contribution in [3.8, 4) is 0 Å². The molecule has 0 aliphatic heterocycles. The first-order valence-electron chi connectivity index (χ1n) is 6.47. The number of nitrogens with one attached hydrogen (secondary N) is 1. The van der Waals surface area contributed by atoms with Crippen LogP contribution in [0, 0.1) is 0 Å². The Bertz CT molecular complexity index is 642. The van der Waals surface area contributed by atoms with Gasteiger partial charge < -0.3 is 10.1 Å². The number of hydrogen-bond acceptors (Lipinski definition) is 5. The molecule has 0 aromatic carbocycles. The van der Waals surface area contributed by atoms with E-state index >= 15 is 0 Å². The van der Waals surface area contributed by atoms with E-state index in [2.05, 4.69) is 15.4 Å². The second kappa shape index (κ2) is 6.17. The fourth-order valence-corrected chi connectivity index (χ4v) is 2.73. The van der Waals surface area contributed by atoms with E-state index in [-0.39, 0.29) is 0 Å². The quantitative estimate of drug-likeness (QED) is 0.668. The lowest BCUT2D eigenvalue weighted by Gasteiger charge is -2.01.